The standard InChI is InChI=1S/C27H29F5N4O3S/c1-36(9-10-37)25-12-18(17-3-2-4-19(11-17)27(30,31)32)5-6-23(25)35-24-13-22(29)26(14-21(24)28)40(38,39)15-20-7-8-33-16-34-20/h2-4,7-8,11,13-14,16,18,23,25,35,37H,5-6,9-10,12,15H2,1H3/t18-,23-,25-/m0/s1. The summed E-state index contributed by atoms with van der Waals surface area (Å²) < 4.78 is 95.5. The maximum Gasteiger partial charge on any atom is 0.416 e. The first-order valence-electron chi connectivity index (χ1n) is 12.6. The van der Waals surface area contributed by atoms with E-state index in [0.717, 1.165) is 24.5 Å². The summed E-state index contributed by atoms with van der Waals surface area (Å²) in [6.07, 6.45) is -0.675. The van der Waals surface area contributed by atoms with E-state index in [2.05, 4.69) is 15.3 Å². The first-order chi connectivity index (χ1) is 18.9. The molecule has 0 spiro atoms. The van der Waals surface area contributed by atoms with Crippen molar-refractivity contribution < 1.29 is 35.5 Å². The van der Waals surface area contributed by atoms with E-state index in [1.54, 1.807) is 13.1 Å². The Morgan fingerprint density at radius 1 is 1.10 bits per heavy atom. The number of aliphatic hydroxyl groups excluding tert-OH is 1. The van der Waals surface area contributed by atoms with E-state index in [0.29, 0.717) is 30.9 Å². The summed E-state index contributed by atoms with van der Waals surface area (Å²) in [7, 11) is -2.51. The van der Waals surface area contributed by atoms with Crippen molar-refractivity contribution in [2.45, 2.75) is 54.1 Å². The fourth-order valence-electron chi connectivity index (χ4n) is 5.15. The minimum atomic E-state index is -4.47. The Balaban J connectivity index is 1.56. The number of benzene rings is 2. The molecule has 1 saturated carbocycles. The normalized spacial score (nSPS) is 20.1. The van der Waals surface area contributed by atoms with Gasteiger partial charge in [0, 0.05) is 30.9 Å². The van der Waals surface area contributed by atoms with Crippen LogP contribution in [0.4, 0.5) is 27.6 Å². The van der Waals surface area contributed by atoms with Crippen molar-refractivity contribution in [2.75, 3.05) is 25.5 Å². The molecular weight excluding hydrogens is 555 g/mol. The highest BCUT2D eigenvalue weighted by molar-refractivity contribution is 7.90. The largest absolute Gasteiger partial charge is 0.416 e. The van der Waals surface area contributed by atoms with Crippen LogP contribution in [0.3, 0.4) is 0 Å². The molecule has 0 amide bonds. The lowest BCUT2D eigenvalue weighted by atomic mass is 9.77. The molecule has 0 saturated heterocycles. The summed E-state index contributed by atoms with van der Waals surface area (Å²) in [5.74, 6) is -2.95. The van der Waals surface area contributed by atoms with Crippen molar-refractivity contribution in [3.05, 3.63) is 83.4 Å². The van der Waals surface area contributed by atoms with Gasteiger partial charge in [-0.1, -0.05) is 18.2 Å². The summed E-state index contributed by atoms with van der Waals surface area (Å²) in [6.45, 7) is 0.0883. The van der Waals surface area contributed by atoms with E-state index < -0.39 is 49.9 Å². The van der Waals surface area contributed by atoms with Gasteiger partial charge in [-0.3, -0.25) is 4.90 Å². The molecule has 40 heavy (non-hydrogen) atoms. The number of nitrogens with one attached hydrogen (secondary N) is 1. The fourth-order valence-corrected chi connectivity index (χ4v) is 6.51. The molecule has 1 aliphatic rings. The first-order valence-corrected chi connectivity index (χ1v) is 14.3. The van der Waals surface area contributed by atoms with Crippen molar-refractivity contribution in [1.29, 1.82) is 0 Å². The van der Waals surface area contributed by atoms with E-state index in [9.17, 15) is 26.7 Å². The van der Waals surface area contributed by atoms with Gasteiger partial charge in [0.05, 0.1) is 29.3 Å². The smallest absolute Gasteiger partial charge is 0.395 e. The third kappa shape index (κ3) is 6.94. The predicted octanol–water partition coefficient (Wildman–Crippen LogP) is 4.79. The van der Waals surface area contributed by atoms with Crippen LogP contribution in [0.15, 0.2) is 59.9 Å². The van der Waals surface area contributed by atoms with Crippen LogP contribution in [-0.2, 0) is 21.8 Å². The van der Waals surface area contributed by atoms with Crippen LogP contribution in [-0.4, -0.2) is 60.7 Å². The van der Waals surface area contributed by atoms with Crippen LogP contribution in [0, 0.1) is 11.6 Å². The molecule has 0 radical (unpaired) electrons. The topological polar surface area (TPSA) is 95.4 Å². The molecule has 7 nitrogen and oxygen atoms in total. The van der Waals surface area contributed by atoms with Gasteiger partial charge in [-0.2, -0.15) is 13.2 Å². The SMILES string of the molecule is CN(CCO)[C@H]1C[C@@H](c2cccc(C(F)(F)F)c2)CC[C@@H]1Nc1cc(F)c(S(=O)(=O)Cc2ccncn2)cc1F. The second-order valence-corrected chi connectivity index (χ2v) is 11.8. The van der Waals surface area contributed by atoms with Gasteiger partial charge in [-0.25, -0.2) is 27.2 Å². The number of rotatable bonds is 9. The quantitative estimate of drug-likeness (QED) is 0.350. The summed E-state index contributed by atoms with van der Waals surface area (Å²) in [5.41, 5.74) is -0.309. The molecule has 0 aliphatic heterocycles. The Morgan fingerprint density at radius 2 is 1.88 bits per heavy atom. The second kappa shape index (κ2) is 12.1. The van der Waals surface area contributed by atoms with Crippen LogP contribution < -0.4 is 5.32 Å². The molecular formula is C27H29F5N4O3S. The van der Waals surface area contributed by atoms with Crippen LogP contribution >= 0.6 is 0 Å². The molecule has 3 aromatic rings. The monoisotopic (exact) mass is 584 g/mol. The number of anilines is 1. The molecule has 13 heteroatoms. The summed E-state index contributed by atoms with van der Waals surface area (Å²) >= 11 is 0. The summed E-state index contributed by atoms with van der Waals surface area (Å²) in [4.78, 5) is 8.56. The number of alkyl halides is 3. The van der Waals surface area contributed by atoms with E-state index >= 15 is 8.78 Å². The third-order valence-corrected chi connectivity index (χ3v) is 8.86. The number of halogens is 5. The van der Waals surface area contributed by atoms with Crippen LogP contribution in [0.5, 0.6) is 0 Å². The predicted molar refractivity (Wildman–Crippen MR) is 138 cm³/mol. The lowest BCUT2D eigenvalue weighted by molar-refractivity contribution is -0.137. The second-order valence-electron chi connectivity index (χ2n) is 9.88. The maximum atomic E-state index is 15.1. The summed E-state index contributed by atoms with van der Waals surface area (Å²) in [6, 6.07) is 7.16. The molecule has 1 fully saturated rings. The summed E-state index contributed by atoms with van der Waals surface area (Å²) in [5, 5.41) is 12.5. The fraction of sp³-hybridized carbons (Fsp3) is 0.407. The average Bonchev–Trinajstić information content (AvgIpc) is 2.90. The lowest BCUT2D eigenvalue weighted by Crippen LogP contribution is -2.49. The minimum absolute atomic E-state index is 0.129. The van der Waals surface area contributed by atoms with Crippen molar-refractivity contribution in [3.63, 3.8) is 0 Å². The van der Waals surface area contributed by atoms with Crippen LogP contribution in [0.2, 0.25) is 0 Å². The van der Waals surface area contributed by atoms with E-state index in [4.69, 9.17) is 0 Å². The Hall–Kier alpha value is -3.16. The van der Waals surface area contributed by atoms with Gasteiger partial charge in [0.15, 0.2) is 9.84 Å². The zero-order chi connectivity index (χ0) is 29.1. The van der Waals surface area contributed by atoms with Crippen LogP contribution in [0.25, 0.3) is 0 Å². The van der Waals surface area contributed by atoms with Gasteiger partial charge >= 0.3 is 6.18 Å². The number of hydrogen-bond donors (Lipinski definition) is 2. The molecule has 1 heterocycles. The molecule has 0 unspecified atom stereocenters. The minimum Gasteiger partial charge on any atom is -0.395 e. The maximum absolute atomic E-state index is 15.1. The van der Waals surface area contributed by atoms with Crippen LogP contribution in [0.1, 0.15) is 42.0 Å². The highest BCUT2D eigenvalue weighted by Crippen LogP contribution is 2.39. The van der Waals surface area contributed by atoms with Gasteiger partial charge in [0.1, 0.15) is 22.9 Å². The van der Waals surface area contributed by atoms with E-state index in [-0.39, 0.29) is 36.5 Å². The molecule has 1 aliphatic carbocycles. The Labute approximate surface area is 229 Å². The highest BCUT2D eigenvalue weighted by atomic mass is 32.2. The first kappa shape index (κ1) is 29.8. The zero-order valence-corrected chi connectivity index (χ0v) is 22.4. The number of likely N-dealkylation sites (N-methyl/N-ethyl adjacent to an activating group) is 1. The molecule has 2 N–H and O–H groups in total. The number of aliphatic hydroxyl groups is 1. The lowest BCUT2D eigenvalue weighted by Gasteiger charge is -2.42. The number of sulfone groups is 1. The van der Waals surface area contributed by atoms with Gasteiger partial charge < -0.3 is 10.4 Å². The highest BCUT2D eigenvalue weighted by Gasteiger charge is 2.36. The van der Waals surface area contributed by atoms with E-state index in [1.807, 2.05) is 4.90 Å². The number of aromatic nitrogens is 2. The van der Waals surface area contributed by atoms with Gasteiger partial charge in [-0.15, -0.1) is 0 Å². The molecule has 216 valence electrons. The Morgan fingerprint density at radius 3 is 2.55 bits per heavy atom. The van der Waals surface area contributed by atoms with Crippen molar-refractivity contribution in [3.8, 4) is 0 Å². The number of nitrogens with zero attached hydrogens (tertiary/aromatic N) is 3. The Bertz CT molecular complexity index is 1420. The molecule has 0 bridgehead atoms. The average molecular weight is 585 g/mol. The van der Waals surface area contributed by atoms with Gasteiger partial charge in [0.2, 0.25) is 0 Å². The molecule has 3 atom stereocenters. The molecule has 2 aromatic carbocycles. The van der Waals surface area contributed by atoms with E-state index in [1.165, 1.54) is 18.3 Å². The van der Waals surface area contributed by atoms with Crippen molar-refractivity contribution in [2.24, 2.45) is 0 Å². The van der Waals surface area contributed by atoms with Crippen molar-refractivity contribution >= 4 is 15.5 Å². The van der Waals surface area contributed by atoms with Gasteiger partial charge in [0.25, 0.3) is 0 Å². The number of hydrogen-bond acceptors (Lipinski definition) is 7. The van der Waals surface area contributed by atoms with Crippen molar-refractivity contribution in [1.82, 2.24) is 14.9 Å². The third-order valence-electron chi connectivity index (χ3n) is 7.20. The van der Waals surface area contributed by atoms with Gasteiger partial charge in [-0.05, 0) is 56.0 Å². The Kier molecular flexibility index (Phi) is 9.06. The molecule has 4 rings (SSSR count). The zero-order valence-electron chi connectivity index (χ0n) is 21.6. The molecule has 1 aromatic heterocycles.